The Hall–Kier alpha value is -3.21. The van der Waals surface area contributed by atoms with Gasteiger partial charge in [-0.15, -0.1) is 0 Å². The number of guanidine groups is 1. The Labute approximate surface area is 147 Å². The molecule has 0 saturated heterocycles. The lowest BCUT2D eigenvalue weighted by Gasteiger charge is -2.07. The van der Waals surface area contributed by atoms with Gasteiger partial charge >= 0.3 is 0 Å². The first-order chi connectivity index (χ1) is 12.2. The van der Waals surface area contributed by atoms with Gasteiger partial charge < -0.3 is 20.5 Å². The Morgan fingerprint density at radius 3 is 2.24 bits per heavy atom. The predicted octanol–water partition coefficient (Wildman–Crippen LogP) is 3.78. The second-order valence-electron chi connectivity index (χ2n) is 5.60. The summed E-state index contributed by atoms with van der Waals surface area (Å²) in [5, 5.41) is 5.36. The third-order valence-electron chi connectivity index (χ3n) is 3.91. The molecule has 0 aliphatic carbocycles. The standard InChI is InChI=1S/C20H21N3O2/c1-24-18-9-6-17(7-10-18)23-20(21)22-13-14-3-4-16-12-19(25-2)8-5-15(16)11-14/h3-12H,13H2,1-2H3,(H3,21,22,23). The van der Waals surface area contributed by atoms with Crippen molar-refractivity contribution >= 4 is 22.4 Å². The number of aliphatic imine (C=N–C) groups is 1. The summed E-state index contributed by atoms with van der Waals surface area (Å²) in [4.78, 5) is 4.40. The zero-order valence-electron chi connectivity index (χ0n) is 14.3. The lowest BCUT2D eigenvalue weighted by atomic mass is 10.1. The summed E-state index contributed by atoms with van der Waals surface area (Å²) >= 11 is 0. The summed E-state index contributed by atoms with van der Waals surface area (Å²) in [6.07, 6.45) is 0. The van der Waals surface area contributed by atoms with E-state index in [9.17, 15) is 0 Å². The summed E-state index contributed by atoms with van der Waals surface area (Å²) in [5.74, 6) is 2.03. The monoisotopic (exact) mass is 335 g/mol. The van der Waals surface area contributed by atoms with Crippen molar-refractivity contribution in [3.05, 3.63) is 66.2 Å². The van der Waals surface area contributed by atoms with Crippen LogP contribution in [0.25, 0.3) is 10.8 Å². The molecule has 128 valence electrons. The average Bonchev–Trinajstić information content (AvgIpc) is 2.66. The molecule has 0 saturated carbocycles. The van der Waals surface area contributed by atoms with Gasteiger partial charge in [-0.3, -0.25) is 0 Å². The molecule has 0 atom stereocenters. The molecule has 0 aliphatic rings. The number of methoxy groups -OCH3 is 2. The molecule has 25 heavy (non-hydrogen) atoms. The Morgan fingerprint density at radius 2 is 1.52 bits per heavy atom. The Morgan fingerprint density at radius 1 is 0.880 bits per heavy atom. The lowest BCUT2D eigenvalue weighted by Crippen LogP contribution is -2.22. The normalized spacial score (nSPS) is 11.4. The van der Waals surface area contributed by atoms with E-state index in [0.29, 0.717) is 12.5 Å². The van der Waals surface area contributed by atoms with Crippen LogP contribution in [0.1, 0.15) is 5.56 Å². The van der Waals surface area contributed by atoms with E-state index in [1.165, 1.54) is 0 Å². The quantitative estimate of drug-likeness (QED) is 0.550. The Balaban J connectivity index is 1.68. The minimum absolute atomic E-state index is 0.375. The van der Waals surface area contributed by atoms with Gasteiger partial charge in [0.15, 0.2) is 5.96 Å². The number of rotatable bonds is 5. The Bertz CT molecular complexity index is 889. The van der Waals surface area contributed by atoms with Crippen molar-refractivity contribution in [1.82, 2.24) is 0 Å². The number of benzene rings is 3. The van der Waals surface area contributed by atoms with Gasteiger partial charge in [0.2, 0.25) is 0 Å². The Kier molecular flexibility index (Phi) is 5.04. The summed E-state index contributed by atoms with van der Waals surface area (Å²) < 4.78 is 10.4. The largest absolute Gasteiger partial charge is 0.497 e. The van der Waals surface area contributed by atoms with Crippen molar-refractivity contribution in [3.8, 4) is 11.5 Å². The van der Waals surface area contributed by atoms with Crippen molar-refractivity contribution in [2.75, 3.05) is 19.5 Å². The smallest absolute Gasteiger partial charge is 0.193 e. The van der Waals surface area contributed by atoms with Crippen molar-refractivity contribution in [2.24, 2.45) is 10.7 Å². The topological polar surface area (TPSA) is 68.9 Å². The molecule has 0 heterocycles. The molecule has 3 N–H and O–H groups in total. The molecule has 0 fully saturated rings. The van der Waals surface area contributed by atoms with Gasteiger partial charge in [0, 0.05) is 5.69 Å². The first-order valence-electron chi connectivity index (χ1n) is 7.95. The molecule has 3 rings (SSSR count). The van der Waals surface area contributed by atoms with E-state index in [1.807, 2.05) is 48.5 Å². The van der Waals surface area contributed by atoms with Gasteiger partial charge in [-0.1, -0.05) is 18.2 Å². The summed E-state index contributed by atoms with van der Waals surface area (Å²) in [5.41, 5.74) is 7.93. The fourth-order valence-corrected chi connectivity index (χ4v) is 2.54. The third-order valence-corrected chi connectivity index (χ3v) is 3.91. The van der Waals surface area contributed by atoms with Crippen molar-refractivity contribution < 1.29 is 9.47 Å². The molecule has 5 heteroatoms. The number of nitrogens with zero attached hydrogens (tertiary/aromatic N) is 1. The number of ether oxygens (including phenoxy) is 2. The highest BCUT2D eigenvalue weighted by molar-refractivity contribution is 5.92. The first kappa shape index (κ1) is 16.6. The van der Waals surface area contributed by atoms with Crippen molar-refractivity contribution in [2.45, 2.75) is 6.54 Å². The maximum absolute atomic E-state index is 5.97. The third kappa shape index (κ3) is 4.20. The summed E-state index contributed by atoms with van der Waals surface area (Å²) in [6.45, 7) is 0.511. The molecule has 3 aromatic rings. The lowest BCUT2D eigenvalue weighted by molar-refractivity contribution is 0.415. The molecule has 0 unspecified atom stereocenters. The second kappa shape index (κ2) is 7.57. The zero-order valence-corrected chi connectivity index (χ0v) is 14.3. The number of anilines is 1. The van der Waals surface area contributed by atoms with Crippen LogP contribution in [-0.2, 0) is 6.54 Å². The number of nitrogens with one attached hydrogen (secondary N) is 1. The van der Waals surface area contributed by atoms with Crippen LogP contribution in [0.3, 0.4) is 0 Å². The molecular formula is C20H21N3O2. The SMILES string of the molecule is COc1ccc(NC(N)=NCc2ccc3cc(OC)ccc3c2)cc1. The van der Waals surface area contributed by atoms with E-state index in [-0.39, 0.29) is 0 Å². The second-order valence-corrected chi connectivity index (χ2v) is 5.60. The van der Waals surface area contributed by atoms with Crippen LogP contribution >= 0.6 is 0 Å². The molecule has 0 spiro atoms. The minimum Gasteiger partial charge on any atom is -0.497 e. The van der Waals surface area contributed by atoms with E-state index >= 15 is 0 Å². The average molecular weight is 335 g/mol. The highest BCUT2D eigenvalue weighted by Crippen LogP contribution is 2.22. The zero-order chi connectivity index (χ0) is 17.6. The molecule has 0 radical (unpaired) electrons. The first-order valence-corrected chi connectivity index (χ1v) is 7.95. The van der Waals surface area contributed by atoms with Crippen LogP contribution < -0.4 is 20.5 Å². The molecule has 0 amide bonds. The number of nitrogens with two attached hydrogens (primary N) is 1. The van der Waals surface area contributed by atoms with Gasteiger partial charge in [0.25, 0.3) is 0 Å². The minimum atomic E-state index is 0.375. The fourth-order valence-electron chi connectivity index (χ4n) is 2.54. The van der Waals surface area contributed by atoms with Crippen molar-refractivity contribution in [1.29, 1.82) is 0 Å². The van der Waals surface area contributed by atoms with Crippen LogP contribution in [0.5, 0.6) is 11.5 Å². The molecule has 3 aromatic carbocycles. The maximum Gasteiger partial charge on any atom is 0.193 e. The van der Waals surface area contributed by atoms with E-state index in [4.69, 9.17) is 15.2 Å². The number of hydrogen-bond donors (Lipinski definition) is 2. The van der Waals surface area contributed by atoms with Crippen LogP contribution in [-0.4, -0.2) is 20.2 Å². The molecule has 0 aliphatic heterocycles. The van der Waals surface area contributed by atoms with Crippen LogP contribution in [0.2, 0.25) is 0 Å². The van der Waals surface area contributed by atoms with Gasteiger partial charge in [0.1, 0.15) is 11.5 Å². The van der Waals surface area contributed by atoms with Crippen LogP contribution in [0.15, 0.2) is 65.7 Å². The van der Waals surface area contributed by atoms with E-state index < -0.39 is 0 Å². The van der Waals surface area contributed by atoms with Crippen molar-refractivity contribution in [3.63, 3.8) is 0 Å². The fraction of sp³-hybridized carbons (Fsp3) is 0.150. The van der Waals surface area contributed by atoms with Crippen LogP contribution in [0.4, 0.5) is 5.69 Å². The van der Waals surface area contributed by atoms with E-state index in [0.717, 1.165) is 33.5 Å². The highest BCUT2D eigenvalue weighted by Gasteiger charge is 2.00. The van der Waals surface area contributed by atoms with Gasteiger partial charge in [-0.25, -0.2) is 4.99 Å². The molecular weight excluding hydrogens is 314 g/mol. The maximum atomic E-state index is 5.97. The molecule has 5 nitrogen and oxygen atoms in total. The van der Waals surface area contributed by atoms with E-state index in [1.54, 1.807) is 14.2 Å². The number of hydrogen-bond acceptors (Lipinski definition) is 3. The highest BCUT2D eigenvalue weighted by atomic mass is 16.5. The molecule has 0 bridgehead atoms. The van der Waals surface area contributed by atoms with Gasteiger partial charge in [-0.2, -0.15) is 0 Å². The predicted molar refractivity (Wildman–Crippen MR) is 102 cm³/mol. The van der Waals surface area contributed by atoms with E-state index in [2.05, 4.69) is 22.4 Å². The van der Waals surface area contributed by atoms with Gasteiger partial charge in [0.05, 0.1) is 20.8 Å². The number of fused-ring (bicyclic) bond motifs is 1. The summed E-state index contributed by atoms with van der Waals surface area (Å²) in [6, 6.07) is 19.8. The van der Waals surface area contributed by atoms with Crippen LogP contribution in [0, 0.1) is 0 Å². The van der Waals surface area contributed by atoms with Gasteiger partial charge in [-0.05, 0) is 58.8 Å². The molecule has 0 aromatic heterocycles. The summed E-state index contributed by atoms with van der Waals surface area (Å²) in [7, 11) is 3.31.